The van der Waals surface area contributed by atoms with E-state index < -0.39 is 6.10 Å². The van der Waals surface area contributed by atoms with Crippen molar-refractivity contribution >= 4 is 29.0 Å². The zero-order valence-electron chi connectivity index (χ0n) is 19.6. The number of benzene rings is 1. The van der Waals surface area contributed by atoms with Gasteiger partial charge in [0.25, 0.3) is 5.91 Å². The molecule has 1 aliphatic carbocycles. The van der Waals surface area contributed by atoms with E-state index >= 15 is 0 Å². The molecule has 0 bridgehead atoms. The molecule has 0 spiro atoms. The van der Waals surface area contributed by atoms with E-state index in [9.17, 15) is 4.79 Å². The largest absolute Gasteiger partial charge is 0.383 e. The number of aliphatic hydroxyl groups excluding tert-OH is 1. The van der Waals surface area contributed by atoms with Gasteiger partial charge in [-0.15, -0.1) is 11.3 Å². The lowest BCUT2D eigenvalue weighted by molar-refractivity contribution is -0.133. The van der Waals surface area contributed by atoms with Gasteiger partial charge in [-0.2, -0.15) is 5.10 Å². The average molecular weight is 490 g/mol. The molecule has 180 valence electrons. The third kappa shape index (κ3) is 5.39. The second-order valence-corrected chi connectivity index (χ2v) is 9.57. The van der Waals surface area contributed by atoms with Crippen LogP contribution in [0, 0.1) is 0 Å². The molecular weight excluding hydrogens is 462 g/mol. The van der Waals surface area contributed by atoms with Crippen LogP contribution in [-0.4, -0.2) is 60.3 Å². The smallest absolute Gasteiger partial charge is 0.251 e. The van der Waals surface area contributed by atoms with Crippen LogP contribution in [0.25, 0.3) is 22.0 Å². The number of anilines is 2. The van der Waals surface area contributed by atoms with Crippen molar-refractivity contribution in [3.05, 3.63) is 59.7 Å². The maximum Gasteiger partial charge on any atom is 0.251 e. The Labute approximate surface area is 207 Å². The van der Waals surface area contributed by atoms with Crippen molar-refractivity contribution in [2.45, 2.75) is 31.3 Å². The summed E-state index contributed by atoms with van der Waals surface area (Å²) in [5, 5.41) is 19.6. The van der Waals surface area contributed by atoms with Crippen molar-refractivity contribution < 1.29 is 9.90 Å². The van der Waals surface area contributed by atoms with E-state index in [1.54, 1.807) is 24.6 Å². The first kappa shape index (κ1) is 23.1. The molecule has 1 aromatic carbocycles. The summed E-state index contributed by atoms with van der Waals surface area (Å²) >= 11 is 1.62. The first-order valence-corrected chi connectivity index (χ1v) is 12.4. The van der Waals surface area contributed by atoms with Gasteiger partial charge in [0.1, 0.15) is 22.6 Å². The fraction of sp³-hybridized carbons (Fsp3) is 0.320. The van der Waals surface area contributed by atoms with Crippen LogP contribution in [0.1, 0.15) is 30.9 Å². The van der Waals surface area contributed by atoms with Gasteiger partial charge >= 0.3 is 0 Å². The van der Waals surface area contributed by atoms with Gasteiger partial charge in [-0.3, -0.25) is 9.48 Å². The number of rotatable bonds is 5. The summed E-state index contributed by atoms with van der Waals surface area (Å²) in [7, 11) is 3.63. The summed E-state index contributed by atoms with van der Waals surface area (Å²) in [6.45, 7) is 0.694. The Kier molecular flexibility index (Phi) is 6.56. The Morgan fingerprint density at radius 3 is 2.51 bits per heavy atom. The van der Waals surface area contributed by atoms with Gasteiger partial charge in [0.15, 0.2) is 0 Å². The first-order chi connectivity index (χ1) is 17.0. The number of carbonyl (C=O) groups excluding carboxylic acids is 1. The maximum absolute atomic E-state index is 10.6. The molecular formula is C25H27N7O2S. The predicted molar refractivity (Wildman–Crippen MR) is 135 cm³/mol. The standard InChI is InChI=1S/C20H18N6S.C5H9NO2/c1-26-18(11-16(25-26)13-7-8-13)24-20-21-10-9-15(23-20)17-12-27-19(22-17)14-5-3-2-4-6-14;1-6-3-2-4(7)5(6)8/h2-6,9-13H,7-8H2,1H3,(H,21,23,24);4,7H,2-3H2,1H3. The summed E-state index contributed by atoms with van der Waals surface area (Å²) < 4.78 is 1.85. The second-order valence-electron chi connectivity index (χ2n) is 8.71. The highest BCUT2D eigenvalue weighted by molar-refractivity contribution is 7.13. The number of hydrogen-bond donors (Lipinski definition) is 2. The topological polar surface area (TPSA) is 109 Å². The van der Waals surface area contributed by atoms with Crippen LogP contribution >= 0.6 is 11.3 Å². The van der Waals surface area contributed by atoms with Crippen molar-refractivity contribution in [2.75, 3.05) is 18.9 Å². The van der Waals surface area contributed by atoms with Crippen molar-refractivity contribution in [1.29, 1.82) is 0 Å². The Bertz CT molecular complexity index is 1300. The third-order valence-corrected chi connectivity index (χ3v) is 6.87. The molecule has 4 heterocycles. The van der Waals surface area contributed by atoms with Gasteiger partial charge < -0.3 is 15.3 Å². The fourth-order valence-electron chi connectivity index (χ4n) is 3.77. The molecule has 1 saturated carbocycles. The van der Waals surface area contributed by atoms with E-state index in [1.807, 2.05) is 41.4 Å². The highest BCUT2D eigenvalue weighted by atomic mass is 32.1. The lowest BCUT2D eigenvalue weighted by Gasteiger charge is -2.05. The molecule has 10 heteroatoms. The molecule has 35 heavy (non-hydrogen) atoms. The summed E-state index contributed by atoms with van der Waals surface area (Å²) in [5.41, 5.74) is 3.91. The van der Waals surface area contributed by atoms with E-state index in [0.29, 0.717) is 24.8 Å². The van der Waals surface area contributed by atoms with E-state index in [2.05, 4.69) is 38.6 Å². The lowest BCUT2D eigenvalue weighted by atomic mass is 10.2. The van der Waals surface area contributed by atoms with Crippen LogP contribution in [0.4, 0.5) is 11.8 Å². The second kappa shape index (κ2) is 9.93. The molecule has 1 unspecified atom stereocenters. The Hall–Kier alpha value is -3.63. The van der Waals surface area contributed by atoms with Gasteiger partial charge in [0, 0.05) is 49.8 Å². The molecule has 2 fully saturated rings. The molecule has 1 atom stereocenters. The summed E-state index contributed by atoms with van der Waals surface area (Å²) in [6.07, 6.45) is 4.09. The fourth-order valence-corrected chi connectivity index (χ4v) is 4.59. The zero-order chi connectivity index (χ0) is 24.4. The number of thiazole rings is 1. The number of hydrogen-bond acceptors (Lipinski definition) is 8. The molecule has 4 aromatic rings. The minimum atomic E-state index is -0.722. The minimum absolute atomic E-state index is 0.148. The molecule has 6 rings (SSSR count). The Morgan fingerprint density at radius 1 is 1.06 bits per heavy atom. The van der Waals surface area contributed by atoms with Crippen LogP contribution in [0.3, 0.4) is 0 Å². The van der Waals surface area contributed by atoms with Crippen molar-refractivity contribution in [3.8, 4) is 22.0 Å². The number of likely N-dealkylation sites (tertiary alicyclic amines) is 1. The van der Waals surface area contributed by atoms with Gasteiger partial charge in [-0.05, 0) is 25.3 Å². The number of aromatic nitrogens is 5. The van der Waals surface area contributed by atoms with Gasteiger partial charge in [-0.1, -0.05) is 30.3 Å². The number of aryl methyl sites for hydroxylation is 1. The van der Waals surface area contributed by atoms with Crippen LogP contribution < -0.4 is 5.32 Å². The van der Waals surface area contributed by atoms with Crippen LogP contribution in [0.5, 0.6) is 0 Å². The average Bonchev–Trinajstić information content (AvgIpc) is 3.39. The molecule has 1 saturated heterocycles. The Morgan fingerprint density at radius 2 is 1.86 bits per heavy atom. The van der Waals surface area contributed by atoms with Crippen molar-refractivity contribution in [1.82, 2.24) is 29.6 Å². The molecule has 2 aliphatic rings. The molecule has 9 nitrogen and oxygen atoms in total. The number of nitrogens with one attached hydrogen (secondary N) is 1. The molecule has 2 N–H and O–H groups in total. The molecule has 3 aromatic heterocycles. The van der Waals surface area contributed by atoms with Gasteiger partial charge in [0.2, 0.25) is 5.95 Å². The van der Waals surface area contributed by atoms with E-state index in [4.69, 9.17) is 10.1 Å². The highest BCUT2D eigenvalue weighted by Gasteiger charge is 2.27. The van der Waals surface area contributed by atoms with Gasteiger partial charge in [-0.25, -0.2) is 15.0 Å². The maximum atomic E-state index is 10.6. The van der Waals surface area contributed by atoms with E-state index in [1.165, 1.54) is 17.7 Å². The number of aliphatic hydroxyl groups is 1. The first-order valence-electron chi connectivity index (χ1n) is 11.6. The number of likely N-dealkylation sites (N-methyl/N-ethyl adjacent to an activating group) is 1. The van der Waals surface area contributed by atoms with Crippen molar-refractivity contribution in [3.63, 3.8) is 0 Å². The van der Waals surface area contributed by atoms with Crippen LogP contribution in [0.2, 0.25) is 0 Å². The Balaban J connectivity index is 0.000000271. The van der Waals surface area contributed by atoms with Crippen LogP contribution in [0.15, 0.2) is 54.0 Å². The molecule has 1 amide bonds. The third-order valence-electron chi connectivity index (χ3n) is 5.98. The van der Waals surface area contributed by atoms with Crippen LogP contribution in [-0.2, 0) is 11.8 Å². The van der Waals surface area contributed by atoms with E-state index in [0.717, 1.165) is 33.5 Å². The number of amides is 1. The highest BCUT2D eigenvalue weighted by Crippen LogP contribution is 2.40. The summed E-state index contributed by atoms with van der Waals surface area (Å²) in [6, 6.07) is 14.1. The zero-order valence-corrected chi connectivity index (χ0v) is 20.4. The SMILES string of the molecule is CN1CCC(O)C1=O.Cn1nc(C2CC2)cc1Nc1nccc(-c2csc(-c3ccccc3)n2)n1. The minimum Gasteiger partial charge on any atom is -0.383 e. The molecule has 0 radical (unpaired) electrons. The summed E-state index contributed by atoms with van der Waals surface area (Å²) in [5.74, 6) is 1.92. The van der Waals surface area contributed by atoms with Gasteiger partial charge in [0.05, 0.1) is 11.4 Å². The monoisotopic (exact) mass is 489 g/mol. The number of carbonyl (C=O) groups is 1. The number of nitrogens with zero attached hydrogens (tertiary/aromatic N) is 6. The lowest BCUT2D eigenvalue weighted by Crippen LogP contribution is -2.24. The normalized spacial score (nSPS) is 17.3. The predicted octanol–water partition coefficient (Wildman–Crippen LogP) is 3.83. The summed E-state index contributed by atoms with van der Waals surface area (Å²) in [4.78, 5) is 25.8. The van der Waals surface area contributed by atoms with Crippen molar-refractivity contribution in [2.24, 2.45) is 7.05 Å². The quantitative estimate of drug-likeness (QED) is 0.438. The van der Waals surface area contributed by atoms with E-state index in [-0.39, 0.29) is 5.91 Å². The molecule has 1 aliphatic heterocycles.